The molecule has 0 fully saturated rings. The lowest BCUT2D eigenvalue weighted by Gasteiger charge is -2.16. The second-order valence-corrected chi connectivity index (χ2v) is 7.62. The number of hydrogen-bond donors (Lipinski definition) is 3. The molecule has 0 unspecified atom stereocenters. The van der Waals surface area contributed by atoms with Crippen LogP contribution in [0, 0.1) is 6.92 Å². The number of carbonyl (C=O) groups excluding carboxylic acids is 2. The van der Waals surface area contributed by atoms with Crippen molar-refractivity contribution in [2.45, 2.75) is 26.8 Å². The number of aromatic nitrogens is 2. The summed E-state index contributed by atoms with van der Waals surface area (Å²) in [5, 5.41) is 15.2. The van der Waals surface area contributed by atoms with E-state index in [1.807, 2.05) is 0 Å². The fourth-order valence-corrected chi connectivity index (χ4v) is 3.51. The molecule has 0 aliphatic heterocycles. The second kappa shape index (κ2) is 10.2. The van der Waals surface area contributed by atoms with Crippen LogP contribution in [0.3, 0.4) is 0 Å². The first-order valence-corrected chi connectivity index (χ1v) is 10.3. The molecule has 32 heavy (non-hydrogen) atoms. The number of halogens is 1. The van der Waals surface area contributed by atoms with Crippen molar-refractivity contribution in [1.29, 1.82) is 0 Å². The lowest BCUT2D eigenvalue weighted by Crippen LogP contribution is -2.33. The maximum absolute atomic E-state index is 13.2. The summed E-state index contributed by atoms with van der Waals surface area (Å²) < 4.78 is 1.27. The normalized spacial score (nSPS) is 10.6. The van der Waals surface area contributed by atoms with E-state index in [0.717, 1.165) is 0 Å². The summed E-state index contributed by atoms with van der Waals surface area (Å²) in [5.41, 5.74) is 2.03. The van der Waals surface area contributed by atoms with Gasteiger partial charge in [0, 0.05) is 53.2 Å². The Balaban J connectivity index is 1.97. The van der Waals surface area contributed by atoms with E-state index in [4.69, 9.17) is 11.6 Å². The van der Waals surface area contributed by atoms with Gasteiger partial charge >= 0.3 is 0 Å². The molecule has 0 aliphatic carbocycles. The Hall–Kier alpha value is -3.49. The number of carbonyl (C=O) groups is 2. The molecule has 0 aliphatic rings. The molecular formula is C23H23ClN4O4. The van der Waals surface area contributed by atoms with E-state index in [2.05, 4.69) is 15.6 Å². The third-order valence-electron chi connectivity index (χ3n) is 4.68. The number of aryl methyl sites for hydroxylation is 1. The highest BCUT2D eigenvalue weighted by Crippen LogP contribution is 2.22. The van der Waals surface area contributed by atoms with Crippen molar-refractivity contribution in [3.63, 3.8) is 0 Å². The number of rotatable bonds is 7. The van der Waals surface area contributed by atoms with Crippen LogP contribution in [-0.2, 0) is 22.6 Å². The van der Waals surface area contributed by atoms with Gasteiger partial charge in [-0.15, -0.1) is 0 Å². The monoisotopic (exact) mass is 454 g/mol. The Labute approximate surface area is 189 Å². The van der Waals surface area contributed by atoms with Gasteiger partial charge in [0.15, 0.2) is 0 Å². The van der Waals surface area contributed by atoms with Crippen molar-refractivity contribution in [2.24, 2.45) is 0 Å². The summed E-state index contributed by atoms with van der Waals surface area (Å²) in [7, 11) is 0. The summed E-state index contributed by atoms with van der Waals surface area (Å²) in [4.78, 5) is 41.8. The molecule has 0 atom stereocenters. The number of aliphatic hydroxyl groups excluding tert-OH is 1. The van der Waals surface area contributed by atoms with Crippen LogP contribution >= 0.6 is 11.6 Å². The van der Waals surface area contributed by atoms with E-state index < -0.39 is 11.5 Å². The third kappa shape index (κ3) is 5.60. The fraction of sp³-hybridized carbons (Fsp3) is 0.217. The summed E-state index contributed by atoms with van der Waals surface area (Å²) in [6, 6.07) is 13.5. The van der Waals surface area contributed by atoms with Gasteiger partial charge in [-0.3, -0.25) is 19.0 Å². The number of hydrogen-bond acceptors (Lipinski definition) is 5. The zero-order chi connectivity index (χ0) is 23.3. The van der Waals surface area contributed by atoms with Gasteiger partial charge in [0.25, 0.3) is 5.56 Å². The van der Waals surface area contributed by atoms with Crippen molar-refractivity contribution in [1.82, 2.24) is 9.55 Å². The van der Waals surface area contributed by atoms with Crippen molar-refractivity contribution in [3.05, 3.63) is 75.2 Å². The molecule has 3 rings (SSSR count). The largest absolute Gasteiger partial charge is 0.396 e. The predicted octanol–water partition coefficient (Wildman–Crippen LogP) is 3.00. The standard InChI is InChI=1S/C23H23ClN4O4/c1-14-20(9-10-29)23(32)28(22(25-14)16-5-3-6-17(24)11-16)13-21(31)27-19-8-4-7-18(12-19)26-15(2)30/h3-8,11-12,29H,9-10,13H2,1-2H3,(H,26,30)(H,27,31). The Morgan fingerprint density at radius 2 is 1.78 bits per heavy atom. The average Bonchev–Trinajstić information content (AvgIpc) is 2.72. The van der Waals surface area contributed by atoms with Crippen LogP contribution in [0.15, 0.2) is 53.3 Å². The smallest absolute Gasteiger partial charge is 0.257 e. The molecule has 0 radical (unpaired) electrons. The summed E-state index contributed by atoms with van der Waals surface area (Å²) in [6.45, 7) is 2.58. The minimum Gasteiger partial charge on any atom is -0.396 e. The summed E-state index contributed by atoms with van der Waals surface area (Å²) in [5.74, 6) is -0.372. The zero-order valence-corrected chi connectivity index (χ0v) is 18.4. The Morgan fingerprint density at radius 1 is 1.09 bits per heavy atom. The molecule has 2 amide bonds. The first kappa shape index (κ1) is 23.2. The third-order valence-corrected chi connectivity index (χ3v) is 4.92. The highest BCUT2D eigenvalue weighted by molar-refractivity contribution is 6.30. The minimum atomic E-state index is -0.448. The van der Waals surface area contributed by atoms with Crippen molar-refractivity contribution in [3.8, 4) is 11.4 Å². The van der Waals surface area contributed by atoms with Crippen LogP contribution in [0.4, 0.5) is 11.4 Å². The highest BCUT2D eigenvalue weighted by atomic mass is 35.5. The molecule has 166 valence electrons. The summed E-state index contributed by atoms with van der Waals surface area (Å²) >= 11 is 6.11. The van der Waals surface area contributed by atoms with Crippen LogP contribution in [0.25, 0.3) is 11.4 Å². The van der Waals surface area contributed by atoms with Gasteiger partial charge in [0.05, 0.1) is 0 Å². The molecule has 0 spiro atoms. The Kier molecular flexibility index (Phi) is 7.40. The van der Waals surface area contributed by atoms with Gasteiger partial charge in [0.2, 0.25) is 11.8 Å². The van der Waals surface area contributed by atoms with Crippen molar-refractivity contribution < 1.29 is 14.7 Å². The molecule has 0 saturated carbocycles. The maximum Gasteiger partial charge on any atom is 0.257 e. The van der Waals surface area contributed by atoms with E-state index in [9.17, 15) is 19.5 Å². The number of benzene rings is 2. The van der Waals surface area contributed by atoms with Crippen molar-refractivity contribution in [2.75, 3.05) is 17.2 Å². The predicted molar refractivity (Wildman–Crippen MR) is 124 cm³/mol. The number of anilines is 2. The summed E-state index contributed by atoms with van der Waals surface area (Å²) in [6.07, 6.45) is 0.133. The van der Waals surface area contributed by atoms with E-state index in [1.165, 1.54) is 11.5 Å². The first-order chi connectivity index (χ1) is 15.3. The van der Waals surface area contributed by atoms with Gasteiger partial charge in [-0.05, 0) is 37.3 Å². The number of amides is 2. The molecule has 1 aromatic heterocycles. The second-order valence-electron chi connectivity index (χ2n) is 7.18. The molecule has 2 aromatic carbocycles. The molecule has 0 bridgehead atoms. The SMILES string of the molecule is CC(=O)Nc1cccc(NC(=O)Cn2c(-c3cccc(Cl)c3)nc(C)c(CCO)c2=O)c1. The van der Waals surface area contributed by atoms with Gasteiger partial charge in [-0.1, -0.05) is 29.8 Å². The highest BCUT2D eigenvalue weighted by Gasteiger charge is 2.18. The molecule has 0 saturated heterocycles. The molecule has 9 heteroatoms. The zero-order valence-electron chi connectivity index (χ0n) is 17.7. The van der Waals surface area contributed by atoms with Crippen LogP contribution in [0.1, 0.15) is 18.2 Å². The van der Waals surface area contributed by atoms with E-state index in [0.29, 0.717) is 39.0 Å². The Bertz CT molecular complexity index is 1220. The minimum absolute atomic E-state index is 0.133. The van der Waals surface area contributed by atoms with Crippen LogP contribution in [-0.4, -0.2) is 33.1 Å². The molecule has 3 aromatic rings. The first-order valence-electron chi connectivity index (χ1n) is 9.93. The molecule has 8 nitrogen and oxygen atoms in total. The quantitative estimate of drug-likeness (QED) is 0.508. The topological polar surface area (TPSA) is 113 Å². The van der Waals surface area contributed by atoms with Gasteiger partial charge in [-0.25, -0.2) is 4.98 Å². The number of aliphatic hydroxyl groups is 1. The van der Waals surface area contributed by atoms with Crippen LogP contribution in [0.2, 0.25) is 5.02 Å². The van der Waals surface area contributed by atoms with Crippen molar-refractivity contribution >= 4 is 34.8 Å². The number of nitrogens with zero attached hydrogens (tertiary/aromatic N) is 2. The fourth-order valence-electron chi connectivity index (χ4n) is 3.32. The van der Waals surface area contributed by atoms with E-state index >= 15 is 0 Å². The maximum atomic E-state index is 13.2. The Morgan fingerprint density at radius 3 is 2.44 bits per heavy atom. The molecule has 1 heterocycles. The van der Waals surface area contributed by atoms with Crippen LogP contribution < -0.4 is 16.2 Å². The average molecular weight is 455 g/mol. The number of nitrogens with one attached hydrogen (secondary N) is 2. The lowest BCUT2D eigenvalue weighted by atomic mass is 10.1. The van der Waals surface area contributed by atoms with Gasteiger partial charge in [-0.2, -0.15) is 0 Å². The molecular weight excluding hydrogens is 432 g/mol. The lowest BCUT2D eigenvalue weighted by molar-refractivity contribution is -0.117. The van der Waals surface area contributed by atoms with E-state index in [-0.39, 0.29) is 25.5 Å². The van der Waals surface area contributed by atoms with Gasteiger partial charge < -0.3 is 15.7 Å². The van der Waals surface area contributed by atoms with Gasteiger partial charge in [0.1, 0.15) is 12.4 Å². The molecule has 3 N–H and O–H groups in total. The van der Waals surface area contributed by atoms with Crippen LogP contribution in [0.5, 0.6) is 0 Å². The van der Waals surface area contributed by atoms with E-state index in [1.54, 1.807) is 55.5 Å².